The molecular formula is C44H76N2O7. The number of hydrogen-bond acceptors (Lipinski definition) is 6. The van der Waals surface area contributed by atoms with Crippen LogP contribution in [0, 0.1) is 0 Å². The highest BCUT2D eigenvalue weighted by Crippen LogP contribution is 2.15. The first-order chi connectivity index (χ1) is 25.8. The maximum absolute atomic E-state index is 12.7. The number of esters is 1. The number of carboxylic acids is 1. The molecule has 9 heteroatoms. The number of carbonyl (C=O) groups is 4. The van der Waals surface area contributed by atoms with E-state index in [1.807, 2.05) is 6.08 Å². The van der Waals surface area contributed by atoms with Gasteiger partial charge in [-0.05, 0) is 83.1 Å². The van der Waals surface area contributed by atoms with Gasteiger partial charge in [0.1, 0.15) is 12.1 Å². The second kappa shape index (κ2) is 38.5. The summed E-state index contributed by atoms with van der Waals surface area (Å²) in [5.41, 5.74) is 0. The molecule has 0 aromatic carbocycles. The van der Waals surface area contributed by atoms with Crippen LogP contribution in [-0.4, -0.2) is 59.3 Å². The van der Waals surface area contributed by atoms with Crippen molar-refractivity contribution >= 4 is 23.8 Å². The van der Waals surface area contributed by atoms with Crippen LogP contribution in [0.5, 0.6) is 0 Å². The highest BCUT2D eigenvalue weighted by molar-refractivity contribution is 5.87. The Labute approximate surface area is 322 Å². The zero-order chi connectivity index (χ0) is 39.0. The van der Waals surface area contributed by atoms with Gasteiger partial charge in [0.2, 0.25) is 11.8 Å². The lowest BCUT2D eigenvalue weighted by atomic mass is 10.1. The van der Waals surface area contributed by atoms with Gasteiger partial charge in [0.25, 0.3) is 0 Å². The SMILES string of the molecule is CCCCC/C=C\C/C=C\C(CCCCCCC(=O)NCC(=O)NC(CO)C(=O)O)OC(=O)CCCCCCCCC/C=C\C/C=C\CCCCCC. The molecule has 2 atom stereocenters. The van der Waals surface area contributed by atoms with Gasteiger partial charge in [0.05, 0.1) is 13.2 Å². The van der Waals surface area contributed by atoms with Crippen LogP contribution in [0.4, 0.5) is 0 Å². The molecule has 0 saturated carbocycles. The average molecular weight is 745 g/mol. The minimum Gasteiger partial charge on any atom is -0.480 e. The molecule has 304 valence electrons. The largest absolute Gasteiger partial charge is 0.480 e. The van der Waals surface area contributed by atoms with Crippen molar-refractivity contribution in [2.24, 2.45) is 0 Å². The number of aliphatic hydroxyl groups is 1. The molecule has 2 amide bonds. The second-order valence-corrected chi connectivity index (χ2v) is 14.1. The lowest BCUT2D eigenvalue weighted by Gasteiger charge is -2.15. The minimum atomic E-state index is -1.39. The third-order valence-corrected chi connectivity index (χ3v) is 9.03. The first kappa shape index (κ1) is 49.8. The Balaban J connectivity index is 4.28. The van der Waals surface area contributed by atoms with Crippen LogP contribution in [0.15, 0.2) is 48.6 Å². The molecule has 0 radical (unpaired) electrons. The van der Waals surface area contributed by atoms with Gasteiger partial charge in [-0.3, -0.25) is 14.4 Å². The van der Waals surface area contributed by atoms with E-state index < -0.39 is 24.5 Å². The van der Waals surface area contributed by atoms with Crippen molar-refractivity contribution in [2.45, 2.75) is 193 Å². The first-order valence-electron chi connectivity index (χ1n) is 21.0. The van der Waals surface area contributed by atoms with Gasteiger partial charge >= 0.3 is 11.9 Å². The number of rotatable bonds is 37. The van der Waals surface area contributed by atoms with E-state index in [2.05, 4.69) is 67.0 Å². The fourth-order valence-corrected chi connectivity index (χ4v) is 5.75. The fourth-order valence-electron chi connectivity index (χ4n) is 5.75. The molecule has 9 nitrogen and oxygen atoms in total. The zero-order valence-corrected chi connectivity index (χ0v) is 33.5. The van der Waals surface area contributed by atoms with E-state index >= 15 is 0 Å². The van der Waals surface area contributed by atoms with E-state index in [-0.39, 0.29) is 30.9 Å². The molecule has 53 heavy (non-hydrogen) atoms. The maximum Gasteiger partial charge on any atom is 0.328 e. The third kappa shape index (κ3) is 35.6. The summed E-state index contributed by atoms with van der Waals surface area (Å²) in [6.07, 6.45) is 44.4. The van der Waals surface area contributed by atoms with Gasteiger partial charge in [-0.2, -0.15) is 0 Å². The topological polar surface area (TPSA) is 142 Å². The fraction of sp³-hybridized carbons (Fsp3) is 0.727. The van der Waals surface area contributed by atoms with Crippen LogP contribution in [-0.2, 0) is 23.9 Å². The van der Waals surface area contributed by atoms with E-state index in [1.165, 1.54) is 77.0 Å². The van der Waals surface area contributed by atoms with E-state index in [1.54, 1.807) is 0 Å². The summed E-state index contributed by atoms with van der Waals surface area (Å²) in [5.74, 6) is -2.43. The number of aliphatic carboxylic acids is 1. The predicted octanol–water partition coefficient (Wildman–Crippen LogP) is 9.98. The minimum absolute atomic E-state index is 0.137. The van der Waals surface area contributed by atoms with Gasteiger partial charge < -0.3 is 25.6 Å². The predicted molar refractivity (Wildman–Crippen MR) is 217 cm³/mol. The molecule has 4 N–H and O–H groups in total. The van der Waals surface area contributed by atoms with Gasteiger partial charge in [-0.1, -0.05) is 133 Å². The van der Waals surface area contributed by atoms with Crippen LogP contribution >= 0.6 is 0 Å². The number of amides is 2. The molecule has 0 rings (SSSR count). The number of carboxylic acid groups (broad SMARTS) is 1. The number of aliphatic hydroxyl groups excluding tert-OH is 1. The highest BCUT2D eigenvalue weighted by Gasteiger charge is 2.18. The summed E-state index contributed by atoms with van der Waals surface area (Å²) in [5, 5.41) is 22.5. The van der Waals surface area contributed by atoms with Crippen molar-refractivity contribution in [1.29, 1.82) is 0 Å². The molecular weight excluding hydrogens is 668 g/mol. The van der Waals surface area contributed by atoms with Crippen LogP contribution in [0.3, 0.4) is 0 Å². The Morgan fingerprint density at radius 3 is 1.66 bits per heavy atom. The van der Waals surface area contributed by atoms with Crippen molar-refractivity contribution in [3.8, 4) is 0 Å². The number of ether oxygens (including phenoxy) is 1. The van der Waals surface area contributed by atoms with Gasteiger partial charge in [-0.15, -0.1) is 0 Å². The normalized spacial score (nSPS) is 13.0. The Morgan fingerprint density at radius 1 is 0.585 bits per heavy atom. The van der Waals surface area contributed by atoms with Crippen molar-refractivity contribution in [3.63, 3.8) is 0 Å². The van der Waals surface area contributed by atoms with Crippen molar-refractivity contribution in [3.05, 3.63) is 48.6 Å². The Kier molecular flexibility index (Phi) is 36.2. The summed E-state index contributed by atoms with van der Waals surface area (Å²) in [7, 11) is 0. The first-order valence-corrected chi connectivity index (χ1v) is 21.0. The molecule has 0 aliphatic carbocycles. The smallest absolute Gasteiger partial charge is 0.328 e. The number of hydrogen-bond donors (Lipinski definition) is 4. The van der Waals surface area contributed by atoms with Crippen molar-refractivity contribution in [2.75, 3.05) is 13.2 Å². The molecule has 0 aromatic heterocycles. The highest BCUT2D eigenvalue weighted by atomic mass is 16.5. The quantitative estimate of drug-likeness (QED) is 0.0282. The molecule has 0 aromatic rings. The monoisotopic (exact) mass is 745 g/mol. The van der Waals surface area contributed by atoms with Crippen molar-refractivity contribution in [1.82, 2.24) is 10.6 Å². The van der Waals surface area contributed by atoms with E-state index in [4.69, 9.17) is 14.9 Å². The Hall–Kier alpha value is -3.20. The van der Waals surface area contributed by atoms with E-state index in [9.17, 15) is 19.2 Å². The van der Waals surface area contributed by atoms with Crippen LogP contribution in [0.2, 0.25) is 0 Å². The van der Waals surface area contributed by atoms with E-state index in [0.717, 1.165) is 70.6 Å². The Bertz CT molecular complexity index is 1040. The summed E-state index contributed by atoms with van der Waals surface area (Å²) >= 11 is 0. The molecule has 0 aliphatic rings. The number of carbonyl (C=O) groups excluding carboxylic acids is 3. The molecule has 0 heterocycles. The van der Waals surface area contributed by atoms with E-state index in [0.29, 0.717) is 12.8 Å². The zero-order valence-electron chi connectivity index (χ0n) is 33.5. The van der Waals surface area contributed by atoms with Gasteiger partial charge in [0, 0.05) is 12.8 Å². The van der Waals surface area contributed by atoms with Crippen LogP contribution in [0.25, 0.3) is 0 Å². The number of allylic oxidation sites excluding steroid dienone is 7. The van der Waals surface area contributed by atoms with Crippen molar-refractivity contribution < 1.29 is 34.1 Å². The molecule has 0 fully saturated rings. The number of unbranched alkanes of at least 4 members (excludes halogenated alkanes) is 17. The van der Waals surface area contributed by atoms with Gasteiger partial charge in [0.15, 0.2) is 0 Å². The second-order valence-electron chi connectivity index (χ2n) is 14.1. The summed E-state index contributed by atoms with van der Waals surface area (Å²) < 4.78 is 5.88. The Morgan fingerprint density at radius 2 is 1.08 bits per heavy atom. The number of nitrogens with one attached hydrogen (secondary N) is 2. The lowest BCUT2D eigenvalue weighted by molar-refractivity contribution is -0.147. The van der Waals surface area contributed by atoms with Crippen LogP contribution < -0.4 is 10.6 Å². The summed E-state index contributed by atoms with van der Waals surface area (Å²) in [6.45, 7) is 3.39. The standard InChI is InChI=1S/C44H76N2O7/c1-3-5-7-9-11-13-14-15-16-17-18-19-20-21-22-24-26-32-36-43(50)53-39(33-29-25-23-12-10-8-6-4-2)34-30-27-28-31-35-41(48)45-37-42(49)46-40(38-47)44(51)52/h12-14,16-17,23,29,33,39-40,47H,3-11,15,18-22,24-28,30-32,34-38H2,1-2H3,(H,45,48)(H,46,49)(H,51,52)/b14-13-,17-16-,23-12-,33-29-. The van der Waals surface area contributed by atoms with Crippen LogP contribution in [0.1, 0.15) is 181 Å². The average Bonchev–Trinajstić information content (AvgIpc) is 3.14. The third-order valence-electron chi connectivity index (χ3n) is 9.03. The van der Waals surface area contributed by atoms with Gasteiger partial charge in [-0.25, -0.2) is 4.79 Å². The maximum atomic E-state index is 12.7. The molecule has 2 unspecified atom stereocenters. The summed E-state index contributed by atoms with van der Waals surface area (Å²) in [6, 6.07) is -1.39. The molecule has 0 saturated heterocycles. The molecule has 0 aliphatic heterocycles. The molecule has 0 spiro atoms. The summed E-state index contributed by atoms with van der Waals surface area (Å²) in [4.78, 5) is 47.5. The lowest BCUT2D eigenvalue weighted by Crippen LogP contribution is -2.47. The molecule has 0 bridgehead atoms.